The Morgan fingerprint density at radius 1 is 0.702 bits per heavy atom. The van der Waals surface area contributed by atoms with E-state index >= 15 is 0 Å². The van der Waals surface area contributed by atoms with Crippen LogP contribution in [0, 0.1) is 22.7 Å². The Labute approximate surface area is 305 Å². The number of hydrogen-bond donors (Lipinski definition) is 0. The molecule has 0 amide bonds. The molecular weight excluding hydrogens is 712 g/mol. The fourth-order valence-electron chi connectivity index (χ4n) is 9.21. The second-order valence-corrected chi connectivity index (χ2v) is 56.3. The van der Waals surface area contributed by atoms with E-state index in [0.717, 1.165) is 0 Å². The van der Waals surface area contributed by atoms with Crippen LogP contribution in [0.1, 0.15) is 110 Å². The van der Waals surface area contributed by atoms with Gasteiger partial charge < -0.3 is 0 Å². The minimum absolute atomic E-state index is 0.253. The molecule has 0 aromatic heterocycles. The van der Waals surface area contributed by atoms with Crippen LogP contribution in [0.3, 0.4) is 0 Å². The molecule has 0 aromatic carbocycles. The quantitative estimate of drug-likeness (QED) is 0.170. The summed E-state index contributed by atoms with van der Waals surface area (Å²) < 4.78 is 8.94. The molecule has 0 aliphatic heterocycles. The van der Waals surface area contributed by atoms with Crippen molar-refractivity contribution in [3.05, 3.63) is 95.9 Å². The van der Waals surface area contributed by atoms with Crippen molar-refractivity contribution in [2.75, 3.05) is 0 Å². The summed E-state index contributed by atoms with van der Waals surface area (Å²) in [4.78, 5) is 0. The molecule has 0 radical (unpaired) electrons. The zero-order valence-electron chi connectivity index (χ0n) is 34.0. The van der Waals surface area contributed by atoms with Crippen molar-refractivity contribution >= 4 is 12.6 Å². The topological polar surface area (TPSA) is 0 Å². The normalized spacial score (nSPS) is 22.4. The van der Waals surface area contributed by atoms with Crippen LogP contribution < -0.4 is 0 Å². The van der Waals surface area contributed by atoms with Gasteiger partial charge in [-0.3, -0.25) is 0 Å². The van der Waals surface area contributed by atoms with E-state index in [1.807, 2.05) is 14.3 Å². The van der Waals surface area contributed by atoms with Gasteiger partial charge in [-0.1, -0.05) is 0 Å². The van der Waals surface area contributed by atoms with Gasteiger partial charge in [-0.2, -0.15) is 0 Å². The van der Waals surface area contributed by atoms with Gasteiger partial charge in [0.25, 0.3) is 0 Å². The summed E-state index contributed by atoms with van der Waals surface area (Å²) >= 11 is -4.00. The van der Waals surface area contributed by atoms with Crippen LogP contribution in [0.25, 0.3) is 0 Å². The van der Waals surface area contributed by atoms with Crippen molar-refractivity contribution in [3.8, 4) is 0 Å². The van der Waals surface area contributed by atoms with Crippen LogP contribution in [0.5, 0.6) is 0 Å². The Morgan fingerprint density at radius 3 is 1.30 bits per heavy atom. The molecule has 0 aromatic rings. The van der Waals surface area contributed by atoms with E-state index in [1.165, 1.54) is 17.0 Å². The van der Waals surface area contributed by atoms with Gasteiger partial charge in [0, 0.05) is 0 Å². The monoisotopic (exact) mass is 781 g/mol. The van der Waals surface area contributed by atoms with Crippen LogP contribution >= 0.6 is 0 Å². The van der Waals surface area contributed by atoms with Gasteiger partial charge in [0.1, 0.15) is 0 Å². The molecule has 0 bridgehead atoms. The van der Waals surface area contributed by atoms with Gasteiger partial charge >= 0.3 is 308 Å². The van der Waals surface area contributed by atoms with Crippen LogP contribution in [0.2, 0.25) is 30.3 Å². The molecule has 47 heavy (non-hydrogen) atoms. The Balaban J connectivity index is 0.000000257. The summed E-state index contributed by atoms with van der Waals surface area (Å²) in [6.07, 6.45) is 14.5. The molecule has 2 unspecified atom stereocenters. The summed E-state index contributed by atoms with van der Waals surface area (Å²) in [6.45, 7) is 47.6. The predicted molar refractivity (Wildman–Crippen MR) is 214 cm³/mol. The first-order valence-electron chi connectivity index (χ1n) is 18.6. The van der Waals surface area contributed by atoms with E-state index in [-0.39, 0.29) is 10.8 Å². The van der Waals surface area contributed by atoms with Crippen LogP contribution in [0.4, 0.5) is 0 Å². The minimum atomic E-state index is -2.68. The Kier molecular flexibility index (Phi) is 13.6. The first-order valence-corrected chi connectivity index (χ1v) is 37.1. The summed E-state index contributed by atoms with van der Waals surface area (Å²) in [5.74, 6) is 0.591. The molecule has 0 saturated heterocycles. The van der Waals surface area contributed by atoms with E-state index < -0.39 is 49.1 Å². The molecule has 0 N–H and O–H groups in total. The Bertz CT molecular complexity index is 1420. The third kappa shape index (κ3) is 7.81. The van der Waals surface area contributed by atoms with Crippen molar-refractivity contribution in [1.29, 1.82) is 0 Å². The van der Waals surface area contributed by atoms with Gasteiger partial charge in [-0.05, 0) is 0 Å². The molecule has 2 atom stereocenters. The van der Waals surface area contributed by atoms with Crippen molar-refractivity contribution in [3.63, 3.8) is 0 Å². The SMILES string of the molecule is C=C[CH2][Zr]([C]1=C(C(C)(C)C)C=CC1)([C]1=C(C(C)(C)C)C=CC1)[SiH](C)C.CC1=C(C)C(C)[C]([Ti]([C]2=C(C)C(C)=C(C)C2C)[SiH](C)C)=C1C. The standard InChI is InChI=1S/4C9H13.C3H5.2C2H7Si.Ti.Zr/c2*1-6-5-7(2)9(4)8(6)3;2*1-9(2,3)8-6-4-5-7-8;3*1-3-2;;/h2*6H,1-4H3;2*4,6H,5H2,1-3H3;3H,1-2H2;2*3H,1-2H3;;. The molecule has 0 nitrogen and oxygen atoms in total. The molecule has 0 fully saturated rings. The maximum atomic E-state index is 4.23. The van der Waals surface area contributed by atoms with Crippen molar-refractivity contribution in [2.45, 2.75) is 140 Å². The van der Waals surface area contributed by atoms with E-state index in [1.54, 1.807) is 44.6 Å². The van der Waals surface area contributed by atoms with Crippen molar-refractivity contribution in [1.82, 2.24) is 0 Å². The molecular formula is C43H71Si2TiZr. The van der Waals surface area contributed by atoms with Gasteiger partial charge in [0.05, 0.1) is 0 Å². The van der Waals surface area contributed by atoms with E-state index in [0.29, 0.717) is 11.8 Å². The van der Waals surface area contributed by atoms with Crippen LogP contribution in [-0.2, 0) is 36.6 Å². The van der Waals surface area contributed by atoms with Crippen LogP contribution in [-0.4, -0.2) is 12.6 Å². The fraction of sp³-hybridized carbons (Fsp3) is 0.581. The molecule has 0 spiro atoms. The number of rotatable bonds is 8. The van der Waals surface area contributed by atoms with Gasteiger partial charge in [0.2, 0.25) is 0 Å². The van der Waals surface area contributed by atoms with Crippen molar-refractivity contribution < 1.29 is 36.6 Å². The number of hydrogen-bond acceptors (Lipinski definition) is 0. The molecule has 4 aliphatic rings. The molecule has 0 saturated carbocycles. The van der Waals surface area contributed by atoms with Gasteiger partial charge in [-0.15, -0.1) is 0 Å². The molecule has 4 heteroatoms. The number of allylic oxidation sites excluding steroid dienone is 17. The first kappa shape index (κ1) is 41.1. The van der Waals surface area contributed by atoms with Gasteiger partial charge in [0.15, 0.2) is 0 Å². The zero-order valence-corrected chi connectivity index (χ0v) is 40.4. The second kappa shape index (κ2) is 15.5. The van der Waals surface area contributed by atoms with Gasteiger partial charge in [-0.25, -0.2) is 0 Å². The molecule has 0 heterocycles. The maximum absolute atomic E-state index is 4.23. The Hall–Kier alpha value is -0.309. The molecule has 4 rings (SSSR count). The molecule has 259 valence electrons. The average Bonchev–Trinajstić information content (AvgIpc) is 3.74. The van der Waals surface area contributed by atoms with E-state index in [9.17, 15) is 0 Å². The summed E-state index contributed by atoms with van der Waals surface area (Å²) in [6, 6.07) is 0. The second-order valence-electron chi connectivity index (χ2n) is 17.8. The summed E-state index contributed by atoms with van der Waals surface area (Å²) in [5.41, 5.74) is 13.6. The third-order valence-electron chi connectivity index (χ3n) is 12.4. The summed E-state index contributed by atoms with van der Waals surface area (Å²) in [5, 5.41) is 0. The molecule has 4 aliphatic carbocycles. The van der Waals surface area contributed by atoms with E-state index in [4.69, 9.17) is 0 Å². The van der Waals surface area contributed by atoms with Crippen LogP contribution in [0.15, 0.2) is 95.9 Å². The Morgan fingerprint density at radius 2 is 1.06 bits per heavy atom. The first-order chi connectivity index (χ1) is 21.6. The van der Waals surface area contributed by atoms with E-state index in [2.05, 4.69) is 160 Å². The summed E-state index contributed by atoms with van der Waals surface area (Å²) in [7, 11) is 0. The third-order valence-corrected chi connectivity index (χ3v) is 57.9. The zero-order chi connectivity index (χ0) is 36.0. The predicted octanol–water partition coefficient (Wildman–Crippen LogP) is 13.4. The van der Waals surface area contributed by atoms with Crippen molar-refractivity contribution in [2.24, 2.45) is 22.7 Å². The fourth-order valence-corrected chi connectivity index (χ4v) is 54.6. The average molecular weight is 783 g/mol.